The van der Waals surface area contributed by atoms with Gasteiger partial charge in [0.15, 0.2) is 0 Å². The van der Waals surface area contributed by atoms with Crippen molar-refractivity contribution in [1.82, 2.24) is 16.0 Å². The van der Waals surface area contributed by atoms with Crippen molar-refractivity contribution in [2.45, 2.75) is 38.1 Å². The van der Waals surface area contributed by atoms with E-state index in [0.29, 0.717) is 25.9 Å². The zero-order valence-electron chi connectivity index (χ0n) is 11.4. The number of rotatable bonds is 6. The van der Waals surface area contributed by atoms with Gasteiger partial charge >= 0.3 is 12.0 Å². The molecule has 0 bridgehead atoms. The van der Waals surface area contributed by atoms with Gasteiger partial charge in [0.05, 0.1) is 5.92 Å². The topological polar surface area (TPSA) is 108 Å². The first kappa shape index (κ1) is 14.6. The molecule has 0 aromatic rings. The van der Waals surface area contributed by atoms with Crippen molar-refractivity contribution < 1.29 is 19.5 Å². The second kappa shape index (κ2) is 6.58. The molecule has 0 spiro atoms. The summed E-state index contributed by atoms with van der Waals surface area (Å²) in [6, 6.07) is -0.669. The molecule has 2 aliphatic carbocycles. The molecule has 2 atom stereocenters. The lowest BCUT2D eigenvalue weighted by Gasteiger charge is -2.18. The van der Waals surface area contributed by atoms with Crippen LogP contribution < -0.4 is 16.0 Å². The predicted molar refractivity (Wildman–Crippen MR) is 71.0 cm³/mol. The average Bonchev–Trinajstić information content (AvgIpc) is 3.15. The zero-order valence-corrected chi connectivity index (χ0v) is 11.4. The Morgan fingerprint density at radius 1 is 1.00 bits per heavy atom. The third-order valence-electron chi connectivity index (χ3n) is 3.81. The van der Waals surface area contributed by atoms with Crippen LogP contribution in [0.25, 0.3) is 0 Å². The standard InChI is InChI=1S/C13H21N3O4/c17-11(8-4-5-8)14-6-7-15-13(20)16-10-3-1-2-9(10)12(18)19/h8-10H,1-7H2,(H,14,17)(H,18,19)(H2,15,16,20). The Morgan fingerprint density at radius 2 is 1.70 bits per heavy atom. The molecule has 0 heterocycles. The Bertz CT molecular complexity index is 395. The summed E-state index contributed by atoms with van der Waals surface area (Å²) in [5, 5.41) is 17.1. The fourth-order valence-electron chi connectivity index (χ4n) is 2.50. The maximum Gasteiger partial charge on any atom is 0.315 e. The van der Waals surface area contributed by atoms with Crippen molar-refractivity contribution in [2.24, 2.45) is 11.8 Å². The van der Waals surface area contributed by atoms with Crippen LogP contribution >= 0.6 is 0 Å². The van der Waals surface area contributed by atoms with Gasteiger partial charge in [-0.25, -0.2) is 4.79 Å². The normalized spacial score (nSPS) is 25.0. The number of aliphatic carboxylic acids is 1. The van der Waals surface area contributed by atoms with Gasteiger partial charge in [-0.05, 0) is 25.7 Å². The van der Waals surface area contributed by atoms with Crippen molar-refractivity contribution in [3.05, 3.63) is 0 Å². The first-order valence-corrected chi connectivity index (χ1v) is 7.13. The third-order valence-corrected chi connectivity index (χ3v) is 3.81. The molecule has 0 radical (unpaired) electrons. The smallest absolute Gasteiger partial charge is 0.315 e. The molecule has 7 heteroatoms. The minimum Gasteiger partial charge on any atom is -0.481 e. The Labute approximate surface area is 117 Å². The Morgan fingerprint density at radius 3 is 2.35 bits per heavy atom. The first-order chi connectivity index (χ1) is 9.58. The number of carbonyl (C=O) groups excluding carboxylic acids is 2. The van der Waals surface area contributed by atoms with E-state index in [1.807, 2.05) is 0 Å². The van der Waals surface area contributed by atoms with Crippen molar-refractivity contribution >= 4 is 17.9 Å². The number of hydrogen-bond acceptors (Lipinski definition) is 3. The van der Waals surface area contributed by atoms with Gasteiger partial charge in [0.25, 0.3) is 0 Å². The molecule has 2 unspecified atom stereocenters. The quantitative estimate of drug-likeness (QED) is 0.517. The summed E-state index contributed by atoms with van der Waals surface area (Å²) in [4.78, 5) is 34.0. The highest BCUT2D eigenvalue weighted by Crippen LogP contribution is 2.28. The lowest BCUT2D eigenvalue weighted by molar-refractivity contribution is -0.142. The SMILES string of the molecule is O=C(NCCNC(=O)C1CC1)NC1CCCC1C(=O)O. The maximum atomic E-state index is 11.6. The van der Waals surface area contributed by atoms with Gasteiger partial charge in [0.1, 0.15) is 0 Å². The van der Waals surface area contributed by atoms with Crippen LogP contribution in [0.1, 0.15) is 32.1 Å². The molecule has 20 heavy (non-hydrogen) atoms. The highest BCUT2D eigenvalue weighted by molar-refractivity contribution is 5.81. The lowest BCUT2D eigenvalue weighted by Crippen LogP contribution is -2.47. The van der Waals surface area contributed by atoms with Crippen LogP contribution in [0.4, 0.5) is 4.79 Å². The minimum atomic E-state index is -0.857. The average molecular weight is 283 g/mol. The van der Waals surface area contributed by atoms with Crippen LogP contribution in [0.2, 0.25) is 0 Å². The number of carboxylic acid groups (broad SMARTS) is 1. The summed E-state index contributed by atoms with van der Waals surface area (Å²) in [5.74, 6) is -1.13. The predicted octanol–water partition coefficient (Wildman–Crippen LogP) is 0.0651. The summed E-state index contributed by atoms with van der Waals surface area (Å²) in [6.07, 6.45) is 4.04. The van der Waals surface area contributed by atoms with Gasteiger partial charge in [-0.1, -0.05) is 6.42 Å². The van der Waals surface area contributed by atoms with E-state index in [-0.39, 0.29) is 23.9 Å². The van der Waals surface area contributed by atoms with Crippen LogP contribution in [0.15, 0.2) is 0 Å². The molecule has 0 aromatic carbocycles. The van der Waals surface area contributed by atoms with E-state index in [1.165, 1.54) is 0 Å². The van der Waals surface area contributed by atoms with Crippen LogP contribution in [0.3, 0.4) is 0 Å². The van der Waals surface area contributed by atoms with Gasteiger partial charge in [-0.3, -0.25) is 9.59 Å². The van der Waals surface area contributed by atoms with E-state index in [4.69, 9.17) is 5.11 Å². The van der Waals surface area contributed by atoms with Crippen LogP contribution in [-0.2, 0) is 9.59 Å². The van der Waals surface area contributed by atoms with E-state index in [0.717, 1.165) is 19.3 Å². The molecular weight excluding hydrogens is 262 g/mol. The molecule has 112 valence electrons. The molecule has 0 aromatic heterocycles. The van der Waals surface area contributed by atoms with Crippen molar-refractivity contribution in [3.8, 4) is 0 Å². The van der Waals surface area contributed by atoms with E-state index in [9.17, 15) is 14.4 Å². The number of amides is 3. The van der Waals surface area contributed by atoms with E-state index in [1.54, 1.807) is 0 Å². The van der Waals surface area contributed by atoms with E-state index < -0.39 is 11.9 Å². The summed E-state index contributed by atoms with van der Waals surface area (Å²) < 4.78 is 0. The van der Waals surface area contributed by atoms with Crippen molar-refractivity contribution in [1.29, 1.82) is 0 Å². The Hall–Kier alpha value is -1.79. The van der Waals surface area contributed by atoms with E-state index >= 15 is 0 Å². The van der Waals surface area contributed by atoms with Gasteiger partial charge in [-0.15, -0.1) is 0 Å². The molecule has 2 aliphatic rings. The monoisotopic (exact) mass is 283 g/mol. The summed E-state index contributed by atoms with van der Waals surface area (Å²) >= 11 is 0. The third kappa shape index (κ3) is 4.11. The number of hydrogen-bond donors (Lipinski definition) is 4. The van der Waals surface area contributed by atoms with Gasteiger partial charge < -0.3 is 21.1 Å². The molecule has 2 saturated carbocycles. The zero-order chi connectivity index (χ0) is 14.5. The number of carbonyl (C=O) groups is 3. The highest BCUT2D eigenvalue weighted by Gasteiger charge is 2.33. The molecule has 0 aliphatic heterocycles. The Balaban J connectivity index is 1.60. The minimum absolute atomic E-state index is 0.0499. The fraction of sp³-hybridized carbons (Fsp3) is 0.769. The van der Waals surface area contributed by atoms with Crippen molar-refractivity contribution in [3.63, 3.8) is 0 Å². The molecule has 7 nitrogen and oxygen atoms in total. The number of nitrogens with one attached hydrogen (secondary N) is 3. The number of carboxylic acids is 1. The van der Waals surface area contributed by atoms with Crippen LogP contribution in [0, 0.1) is 11.8 Å². The molecule has 4 N–H and O–H groups in total. The Kier molecular flexibility index (Phi) is 4.81. The first-order valence-electron chi connectivity index (χ1n) is 7.13. The van der Waals surface area contributed by atoms with Crippen LogP contribution in [0.5, 0.6) is 0 Å². The van der Waals surface area contributed by atoms with E-state index in [2.05, 4.69) is 16.0 Å². The number of urea groups is 1. The summed E-state index contributed by atoms with van der Waals surface area (Å²) in [7, 11) is 0. The van der Waals surface area contributed by atoms with Gasteiger partial charge in [0, 0.05) is 25.0 Å². The van der Waals surface area contributed by atoms with Gasteiger partial charge in [-0.2, -0.15) is 0 Å². The van der Waals surface area contributed by atoms with Crippen LogP contribution in [-0.4, -0.2) is 42.1 Å². The highest BCUT2D eigenvalue weighted by atomic mass is 16.4. The van der Waals surface area contributed by atoms with Crippen molar-refractivity contribution in [2.75, 3.05) is 13.1 Å². The second-order valence-corrected chi connectivity index (χ2v) is 5.45. The molecule has 0 saturated heterocycles. The molecule has 3 amide bonds. The second-order valence-electron chi connectivity index (χ2n) is 5.45. The van der Waals surface area contributed by atoms with Gasteiger partial charge in [0.2, 0.25) is 5.91 Å². The molecule has 2 rings (SSSR count). The maximum absolute atomic E-state index is 11.6. The molecule has 2 fully saturated rings. The largest absolute Gasteiger partial charge is 0.481 e. The summed E-state index contributed by atoms with van der Waals surface area (Å²) in [6.45, 7) is 0.741. The molecular formula is C13H21N3O4. The lowest BCUT2D eigenvalue weighted by atomic mass is 10.0. The fourth-order valence-corrected chi connectivity index (χ4v) is 2.50. The summed E-state index contributed by atoms with van der Waals surface area (Å²) in [5.41, 5.74) is 0.